The minimum atomic E-state index is -5.91. The Bertz CT molecular complexity index is 2430. The Morgan fingerprint density at radius 2 is 1.30 bits per heavy atom. The quantitative estimate of drug-likeness (QED) is 0.00746. The van der Waals surface area contributed by atoms with E-state index in [4.69, 9.17) is 42.4 Å². The molecule has 0 aliphatic carbocycles. The van der Waals surface area contributed by atoms with Crippen molar-refractivity contribution in [3.8, 4) is 11.5 Å². The Labute approximate surface area is 405 Å². The molecule has 70 heavy (non-hydrogen) atoms. The average Bonchev–Trinajstić information content (AvgIpc) is 3.72. The van der Waals surface area contributed by atoms with Gasteiger partial charge < -0.3 is 28.7 Å². The maximum absolute atomic E-state index is 14.0. The zero-order valence-electron chi connectivity index (χ0n) is 39.6. The van der Waals surface area contributed by atoms with Crippen LogP contribution < -0.4 is 20.7 Å². The molecule has 0 amide bonds. The smallest absolute Gasteiger partial charge is 0.434 e. The SMILES string of the molecule is CCCCCCCCCCCCCCCCOC(=O)Oc1ccc(COP(=O)(OCc2ccc(OC(=O)CC)cc2)OP(=O)(O)OP(=O)(O)OC[C@H]2O[C@@H](n3cc(C)c(=O)[nH]c3=O)C[C@@H]2N=[N+]=[N-])cc1. The molecule has 26 heteroatoms. The number of unbranched alkanes of at least 4 members (excludes halogenated alkanes) is 13. The third-order valence-corrected chi connectivity index (χ3v) is 15.4. The molecule has 0 spiro atoms. The highest BCUT2D eigenvalue weighted by atomic mass is 31.3. The molecule has 3 aromatic rings. The summed E-state index contributed by atoms with van der Waals surface area (Å²) in [5.41, 5.74) is 8.30. The second-order valence-electron chi connectivity index (χ2n) is 16.4. The number of benzene rings is 2. The number of aromatic nitrogens is 2. The summed E-state index contributed by atoms with van der Waals surface area (Å²) in [7, 11) is -16.8. The lowest BCUT2D eigenvalue weighted by Gasteiger charge is -2.22. The molecule has 0 bridgehead atoms. The van der Waals surface area contributed by atoms with E-state index < -0.39 is 85.0 Å². The zero-order chi connectivity index (χ0) is 51.0. The first-order valence-corrected chi connectivity index (χ1v) is 27.8. The highest BCUT2D eigenvalue weighted by molar-refractivity contribution is 7.67. The van der Waals surface area contributed by atoms with Crippen LogP contribution in [0.2, 0.25) is 0 Å². The van der Waals surface area contributed by atoms with E-state index in [9.17, 15) is 42.7 Å². The number of H-pyrrole nitrogens is 1. The van der Waals surface area contributed by atoms with Crippen LogP contribution in [0.25, 0.3) is 10.4 Å². The zero-order valence-corrected chi connectivity index (χ0v) is 42.3. The number of ether oxygens (including phenoxy) is 4. The molecule has 23 nitrogen and oxygen atoms in total. The van der Waals surface area contributed by atoms with Crippen molar-refractivity contribution in [1.82, 2.24) is 9.55 Å². The third kappa shape index (κ3) is 21.5. The van der Waals surface area contributed by atoms with Gasteiger partial charge in [0.2, 0.25) is 0 Å². The largest absolute Gasteiger partial charge is 0.513 e. The molecule has 1 aliphatic rings. The van der Waals surface area contributed by atoms with Gasteiger partial charge in [0.15, 0.2) is 0 Å². The fourth-order valence-electron chi connectivity index (χ4n) is 6.97. The Hall–Kier alpha value is -4.46. The maximum Gasteiger partial charge on any atom is 0.513 e. The summed E-state index contributed by atoms with van der Waals surface area (Å²) in [5.74, 6) is -0.203. The number of aryl methyl sites for hydroxylation is 1. The first-order valence-electron chi connectivity index (χ1n) is 23.3. The number of nitrogens with one attached hydrogen (secondary N) is 1. The van der Waals surface area contributed by atoms with Gasteiger partial charge in [0, 0.05) is 29.5 Å². The Morgan fingerprint density at radius 3 is 1.83 bits per heavy atom. The van der Waals surface area contributed by atoms with Crippen LogP contribution in [0.3, 0.4) is 0 Å². The van der Waals surface area contributed by atoms with E-state index in [1.165, 1.54) is 126 Å². The minimum absolute atomic E-state index is 0.107. The number of phosphoric acid groups is 3. The molecule has 6 atom stereocenters. The van der Waals surface area contributed by atoms with Gasteiger partial charge in [0.05, 0.1) is 38.6 Å². The van der Waals surface area contributed by atoms with Gasteiger partial charge in [-0.3, -0.25) is 32.7 Å². The number of rotatable bonds is 33. The molecular formula is C44H64N5O18P3. The number of aromatic amines is 1. The summed E-state index contributed by atoms with van der Waals surface area (Å²) >= 11 is 0. The fourth-order valence-corrected chi connectivity index (χ4v) is 11.0. The van der Waals surface area contributed by atoms with Crippen molar-refractivity contribution >= 4 is 35.6 Å². The summed E-state index contributed by atoms with van der Waals surface area (Å²) in [5, 5.41) is 3.57. The molecule has 0 radical (unpaired) electrons. The predicted molar refractivity (Wildman–Crippen MR) is 254 cm³/mol. The normalized spacial score (nSPS) is 18.2. The summed E-state index contributed by atoms with van der Waals surface area (Å²) < 4.78 is 87.3. The van der Waals surface area contributed by atoms with Gasteiger partial charge in [-0.25, -0.2) is 23.3 Å². The summed E-state index contributed by atoms with van der Waals surface area (Å²) in [4.78, 5) is 74.2. The molecule has 3 N–H and O–H groups in total. The van der Waals surface area contributed by atoms with Gasteiger partial charge in [-0.2, -0.15) is 8.62 Å². The first kappa shape index (κ1) is 58.1. The fraction of sp³-hybridized carbons (Fsp3) is 0.591. The Kier molecular flexibility index (Phi) is 24.7. The van der Waals surface area contributed by atoms with Gasteiger partial charge >= 0.3 is 41.3 Å². The van der Waals surface area contributed by atoms with Crippen molar-refractivity contribution < 1.29 is 74.2 Å². The molecule has 1 aliphatic heterocycles. The summed E-state index contributed by atoms with van der Waals surface area (Å²) in [6, 6.07) is 10.1. The number of nitrogens with zero attached hydrogens (tertiary/aromatic N) is 4. The number of hydrogen-bond acceptors (Lipinski definition) is 17. The maximum atomic E-state index is 14.0. The number of carbonyl (C=O) groups excluding carboxylic acids is 2. The van der Waals surface area contributed by atoms with Crippen LogP contribution in [-0.4, -0.2) is 56.8 Å². The standard InChI is InChI=1S/C44H64N5O18P3/c1-4-6-7-8-9-10-11-12-13-14-15-16-17-18-27-59-44(53)64-37-25-21-35(22-26-37)31-62-70(58,61-30-34-19-23-36(24-20-34)63-41(50)5-2)67-69(56,57)66-68(54,55)60-32-39-38(47-48-45)28-40(65-39)49-29-33(3)42(51)46-43(49)52/h19-26,29,38-40H,4-18,27-28,30-32H2,1-3H3,(H,54,55)(H,56,57)(H,46,51,52)/t38-,39+,40+,70?/m0/s1. The predicted octanol–water partition coefficient (Wildman–Crippen LogP) is 10.9. The molecule has 1 aromatic heterocycles. The molecule has 3 unspecified atom stereocenters. The van der Waals surface area contributed by atoms with Crippen molar-refractivity contribution in [2.45, 2.75) is 155 Å². The van der Waals surface area contributed by atoms with Crippen molar-refractivity contribution in [2.75, 3.05) is 13.2 Å². The van der Waals surface area contributed by atoms with Crippen LogP contribution in [0, 0.1) is 6.92 Å². The van der Waals surface area contributed by atoms with E-state index >= 15 is 0 Å². The van der Waals surface area contributed by atoms with Crippen molar-refractivity contribution in [3.63, 3.8) is 0 Å². The lowest BCUT2D eigenvalue weighted by atomic mass is 10.0. The topological polar surface area (TPSA) is 312 Å². The summed E-state index contributed by atoms with van der Waals surface area (Å²) in [6.07, 6.45) is 14.6. The van der Waals surface area contributed by atoms with E-state index in [0.717, 1.165) is 23.8 Å². The van der Waals surface area contributed by atoms with E-state index in [1.54, 1.807) is 6.92 Å². The van der Waals surface area contributed by atoms with Crippen LogP contribution in [0.5, 0.6) is 11.5 Å². The first-order chi connectivity index (χ1) is 33.4. The van der Waals surface area contributed by atoms with Crippen LogP contribution >= 0.6 is 23.5 Å². The van der Waals surface area contributed by atoms with Crippen LogP contribution in [0.4, 0.5) is 4.79 Å². The van der Waals surface area contributed by atoms with Gasteiger partial charge in [-0.1, -0.05) is 127 Å². The van der Waals surface area contributed by atoms with Crippen molar-refractivity contribution in [1.29, 1.82) is 0 Å². The van der Waals surface area contributed by atoms with E-state index in [1.807, 2.05) is 0 Å². The molecule has 1 saturated heterocycles. The van der Waals surface area contributed by atoms with E-state index in [-0.39, 0.29) is 47.6 Å². The van der Waals surface area contributed by atoms with Crippen molar-refractivity contribution in [3.05, 3.63) is 103 Å². The monoisotopic (exact) mass is 1040 g/mol. The molecule has 0 saturated carbocycles. The van der Waals surface area contributed by atoms with Crippen LogP contribution in [0.1, 0.15) is 139 Å². The van der Waals surface area contributed by atoms with Gasteiger partial charge in [-0.15, -0.1) is 0 Å². The number of azide groups is 1. The molecule has 1 fully saturated rings. The molecule has 388 valence electrons. The van der Waals surface area contributed by atoms with E-state index in [0.29, 0.717) is 6.42 Å². The number of phosphoric ester groups is 2. The molecule has 4 rings (SSSR count). The number of carbonyl (C=O) groups is 2. The van der Waals surface area contributed by atoms with Crippen LogP contribution in [0.15, 0.2) is 69.4 Å². The lowest BCUT2D eigenvalue weighted by molar-refractivity contribution is -0.134. The lowest BCUT2D eigenvalue weighted by Crippen LogP contribution is -2.33. The highest BCUT2D eigenvalue weighted by Crippen LogP contribution is 2.69. The second kappa shape index (κ2) is 29.8. The minimum Gasteiger partial charge on any atom is -0.434 e. The van der Waals surface area contributed by atoms with Crippen molar-refractivity contribution in [2.24, 2.45) is 5.11 Å². The Morgan fingerprint density at radius 1 is 0.771 bits per heavy atom. The molecule has 2 heterocycles. The number of esters is 1. The third-order valence-electron chi connectivity index (χ3n) is 10.7. The summed E-state index contributed by atoms with van der Waals surface area (Å²) in [6.45, 7) is 3.35. The number of hydrogen-bond donors (Lipinski definition) is 3. The Balaban J connectivity index is 1.29. The van der Waals surface area contributed by atoms with E-state index in [2.05, 4.69) is 26.2 Å². The molecular weight excluding hydrogens is 979 g/mol. The highest BCUT2D eigenvalue weighted by Gasteiger charge is 2.45. The van der Waals surface area contributed by atoms with Gasteiger partial charge in [0.25, 0.3) is 5.56 Å². The van der Waals surface area contributed by atoms with Gasteiger partial charge in [-0.05, 0) is 54.3 Å². The van der Waals surface area contributed by atoms with Gasteiger partial charge in [0.1, 0.15) is 17.7 Å². The second-order valence-corrected chi connectivity index (χ2v) is 21.3. The van der Waals surface area contributed by atoms with Crippen LogP contribution in [-0.2, 0) is 63.4 Å². The molecule has 2 aromatic carbocycles. The average molecular weight is 1040 g/mol.